The molecule has 2 fully saturated rings. The number of hydrogen-bond donors (Lipinski definition) is 2. The van der Waals surface area contributed by atoms with Crippen LogP contribution in [0.4, 0.5) is 0 Å². The van der Waals surface area contributed by atoms with E-state index in [9.17, 15) is 9.90 Å². The van der Waals surface area contributed by atoms with Gasteiger partial charge in [0.1, 0.15) is 0 Å². The minimum absolute atomic E-state index is 0.222. The molecule has 104 valence electrons. The first-order valence-corrected chi connectivity index (χ1v) is 7.62. The smallest absolute Gasteiger partial charge is 0.223 e. The van der Waals surface area contributed by atoms with Gasteiger partial charge >= 0.3 is 0 Å². The van der Waals surface area contributed by atoms with Crippen molar-refractivity contribution in [3.05, 3.63) is 0 Å². The summed E-state index contributed by atoms with van der Waals surface area (Å²) in [6, 6.07) is 0. The lowest BCUT2D eigenvalue weighted by Crippen LogP contribution is -2.38. The number of amides is 1. The van der Waals surface area contributed by atoms with Gasteiger partial charge in [0.25, 0.3) is 0 Å². The summed E-state index contributed by atoms with van der Waals surface area (Å²) in [6.45, 7) is 2.38. The molecule has 3 nitrogen and oxygen atoms in total. The third-order valence-electron chi connectivity index (χ3n) is 4.77. The number of rotatable bonds is 4. The zero-order valence-corrected chi connectivity index (χ0v) is 11.5. The van der Waals surface area contributed by atoms with Crippen molar-refractivity contribution in [1.82, 2.24) is 5.32 Å². The molecule has 0 aromatic carbocycles. The summed E-state index contributed by atoms with van der Waals surface area (Å²) >= 11 is 0. The molecule has 0 aromatic heterocycles. The average molecular weight is 253 g/mol. The van der Waals surface area contributed by atoms with Crippen LogP contribution in [0, 0.1) is 17.8 Å². The van der Waals surface area contributed by atoms with Gasteiger partial charge in [-0.05, 0) is 44.4 Å². The fourth-order valence-electron chi connectivity index (χ4n) is 3.66. The highest BCUT2D eigenvalue weighted by atomic mass is 16.3. The van der Waals surface area contributed by atoms with E-state index < -0.39 is 0 Å². The Morgan fingerprint density at radius 2 is 1.94 bits per heavy atom. The summed E-state index contributed by atoms with van der Waals surface area (Å²) in [5.74, 6) is 2.17. The van der Waals surface area contributed by atoms with Gasteiger partial charge in [-0.2, -0.15) is 0 Å². The Hall–Kier alpha value is -0.570. The second-order valence-corrected chi connectivity index (χ2v) is 6.24. The maximum atomic E-state index is 12.1. The molecule has 2 rings (SSSR count). The molecule has 0 radical (unpaired) electrons. The van der Waals surface area contributed by atoms with Crippen LogP contribution in [0.1, 0.15) is 58.3 Å². The topological polar surface area (TPSA) is 49.3 Å². The van der Waals surface area contributed by atoms with E-state index in [1.165, 1.54) is 32.1 Å². The first-order valence-electron chi connectivity index (χ1n) is 7.62. The first-order chi connectivity index (χ1) is 8.66. The molecule has 0 aliphatic heterocycles. The monoisotopic (exact) mass is 253 g/mol. The van der Waals surface area contributed by atoms with Crippen LogP contribution in [0.5, 0.6) is 0 Å². The highest BCUT2D eigenvalue weighted by molar-refractivity contribution is 5.78. The van der Waals surface area contributed by atoms with Gasteiger partial charge in [-0.15, -0.1) is 0 Å². The van der Waals surface area contributed by atoms with E-state index in [1.54, 1.807) is 6.92 Å². The highest BCUT2D eigenvalue weighted by Gasteiger charge is 2.34. The number of nitrogens with one attached hydrogen (secondary N) is 1. The molecule has 2 N–H and O–H groups in total. The van der Waals surface area contributed by atoms with Crippen molar-refractivity contribution >= 4 is 5.91 Å². The van der Waals surface area contributed by atoms with Gasteiger partial charge in [0, 0.05) is 12.5 Å². The van der Waals surface area contributed by atoms with Gasteiger partial charge in [-0.1, -0.05) is 25.7 Å². The second-order valence-electron chi connectivity index (χ2n) is 6.24. The van der Waals surface area contributed by atoms with Crippen LogP contribution in [-0.2, 0) is 4.79 Å². The number of carbonyl (C=O) groups excluding carboxylic acids is 1. The largest absolute Gasteiger partial charge is 0.393 e. The van der Waals surface area contributed by atoms with Crippen molar-refractivity contribution in [3.8, 4) is 0 Å². The van der Waals surface area contributed by atoms with Crippen molar-refractivity contribution < 1.29 is 9.90 Å². The van der Waals surface area contributed by atoms with Gasteiger partial charge in [-0.3, -0.25) is 4.79 Å². The quantitative estimate of drug-likeness (QED) is 0.808. The number of hydrogen-bond acceptors (Lipinski definition) is 2. The molecule has 2 aliphatic rings. The van der Waals surface area contributed by atoms with Crippen LogP contribution in [-0.4, -0.2) is 23.7 Å². The standard InChI is InChI=1S/C15H27NO2/c1-11(17)8-9-16-15(18)14-7-6-12-4-2-3-5-13(12)10-14/h11-14,17H,2-10H2,1H3,(H,16,18). The van der Waals surface area contributed by atoms with Crippen LogP contribution in [0.15, 0.2) is 0 Å². The third kappa shape index (κ3) is 3.71. The second kappa shape index (κ2) is 6.55. The van der Waals surface area contributed by atoms with Gasteiger partial charge in [0.05, 0.1) is 6.10 Å². The molecule has 2 aliphatic carbocycles. The predicted octanol–water partition coefficient (Wildman–Crippen LogP) is 2.48. The van der Waals surface area contributed by atoms with Crippen molar-refractivity contribution in [2.24, 2.45) is 17.8 Å². The Kier molecular flexibility index (Phi) is 5.04. The molecule has 0 bridgehead atoms. The maximum Gasteiger partial charge on any atom is 0.223 e. The highest BCUT2D eigenvalue weighted by Crippen LogP contribution is 2.42. The first kappa shape index (κ1) is 13.9. The summed E-state index contributed by atoms with van der Waals surface area (Å²) in [5, 5.41) is 12.2. The molecule has 2 saturated carbocycles. The number of carbonyl (C=O) groups is 1. The van der Waals surface area contributed by atoms with E-state index in [-0.39, 0.29) is 17.9 Å². The van der Waals surface area contributed by atoms with Crippen LogP contribution in [0.25, 0.3) is 0 Å². The summed E-state index contributed by atoms with van der Waals surface area (Å²) < 4.78 is 0. The molecule has 18 heavy (non-hydrogen) atoms. The molecule has 4 unspecified atom stereocenters. The summed E-state index contributed by atoms with van der Waals surface area (Å²) in [5.41, 5.74) is 0. The Bertz CT molecular complexity index is 278. The molecule has 0 spiro atoms. The normalized spacial score (nSPS) is 33.6. The van der Waals surface area contributed by atoms with Crippen LogP contribution >= 0.6 is 0 Å². The predicted molar refractivity (Wildman–Crippen MR) is 72.1 cm³/mol. The van der Waals surface area contributed by atoms with E-state index in [1.807, 2.05) is 0 Å². The fourth-order valence-corrected chi connectivity index (χ4v) is 3.66. The minimum atomic E-state index is -0.320. The van der Waals surface area contributed by atoms with E-state index in [2.05, 4.69) is 5.32 Å². The summed E-state index contributed by atoms with van der Waals surface area (Å²) in [7, 11) is 0. The van der Waals surface area contributed by atoms with Gasteiger partial charge in [-0.25, -0.2) is 0 Å². The van der Waals surface area contributed by atoms with Crippen LogP contribution < -0.4 is 5.32 Å². The summed E-state index contributed by atoms with van der Waals surface area (Å²) in [4.78, 5) is 12.1. The van der Waals surface area contributed by atoms with Crippen LogP contribution in [0.2, 0.25) is 0 Å². The summed E-state index contributed by atoms with van der Waals surface area (Å²) in [6.07, 6.45) is 9.24. The maximum absolute atomic E-state index is 12.1. The molecular formula is C15H27NO2. The van der Waals surface area contributed by atoms with Gasteiger partial charge in [0.15, 0.2) is 0 Å². The Morgan fingerprint density at radius 3 is 2.67 bits per heavy atom. The van der Waals surface area contributed by atoms with Crippen molar-refractivity contribution in [1.29, 1.82) is 0 Å². The number of aliphatic hydroxyl groups is 1. The van der Waals surface area contributed by atoms with Crippen molar-refractivity contribution in [3.63, 3.8) is 0 Å². The molecular weight excluding hydrogens is 226 g/mol. The number of fused-ring (bicyclic) bond motifs is 1. The Labute approximate surface area is 110 Å². The van der Waals surface area contributed by atoms with E-state index in [0.717, 1.165) is 24.7 Å². The molecule has 0 saturated heterocycles. The van der Waals surface area contributed by atoms with Crippen molar-refractivity contribution in [2.75, 3.05) is 6.54 Å². The van der Waals surface area contributed by atoms with Crippen LogP contribution in [0.3, 0.4) is 0 Å². The zero-order valence-electron chi connectivity index (χ0n) is 11.5. The fraction of sp³-hybridized carbons (Fsp3) is 0.933. The molecule has 4 atom stereocenters. The number of aliphatic hydroxyl groups excluding tert-OH is 1. The van der Waals surface area contributed by atoms with E-state index in [4.69, 9.17) is 0 Å². The Balaban J connectivity index is 1.74. The van der Waals surface area contributed by atoms with Gasteiger partial charge < -0.3 is 10.4 Å². The third-order valence-corrected chi connectivity index (χ3v) is 4.77. The van der Waals surface area contributed by atoms with E-state index >= 15 is 0 Å². The molecule has 1 amide bonds. The Morgan fingerprint density at radius 1 is 1.22 bits per heavy atom. The minimum Gasteiger partial charge on any atom is -0.393 e. The lowest BCUT2D eigenvalue weighted by molar-refractivity contribution is -0.127. The van der Waals surface area contributed by atoms with E-state index in [0.29, 0.717) is 13.0 Å². The van der Waals surface area contributed by atoms with Crippen molar-refractivity contribution in [2.45, 2.75) is 64.4 Å². The molecule has 0 heterocycles. The van der Waals surface area contributed by atoms with Gasteiger partial charge in [0.2, 0.25) is 5.91 Å². The average Bonchev–Trinajstić information content (AvgIpc) is 2.37. The molecule has 3 heteroatoms. The zero-order chi connectivity index (χ0) is 13.0. The lowest BCUT2D eigenvalue weighted by Gasteiger charge is -2.38. The SMILES string of the molecule is CC(O)CCNC(=O)C1CCC2CCCCC2C1. The molecule has 0 aromatic rings. The lowest BCUT2D eigenvalue weighted by atomic mass is 9.67.